The fourth-order valence-electron chi connectivity index (χ4n) is 3.23. The molecule has 0 atom stereocenters. The van der Waals surface area contributed by atoms with E-state index in [1.54, 1.807) is 26.4 Å². The van der Waals surface area contributed by atoms with E-state index >= 15 is 0 Å². The summed E-state index contributed by atoms with van der Waals surface area (Å²) in [5.41, 5.74) is 3.79. The quantitative estimate of drug-likeness (QED) is 0.299. The van der Waals surface area contributed by atoms with Crippen molar-refractivity contribution >= 4 is 17.5 Å². The Hall–Kier alpha value is -2.80. The number of ether oxygens (including phenoxy) is 2. The van der Waals surface area contributed by atoms with E-state index in [1.165, 1.54) is 17.3 Å². The molecule has 6 nitrogen and oxygen atoms in total. The predicted octanol–water partition coefficient (Wildman–Crippen LogP) is 5.98. The van der Waals surface area contributed by atoms with Crippen molar-refractivity contribution in [2.24, 2.45) is 0 Å². The first kappa shape index (κ1) is 22.9. The Kier molecular flexibility index (Phi) is 7.38. The van der Waals surface area contributed by atoms with E-state index in [9.17, 15) is 4.79 Å². The van der Waals surface area contributed by atoms with Crippen molar-refractivity contribution in [2.75, 3.05) is 20.0 Å². The summed E-state index contributed by atoms with van der Waals surface area (Å²) in [6.45, 7) is 8.53. The summed E-state index contributed by atoms with van der Waals surface area (Å²) in [5, 5.41) is 8.52. The second-order valence-electron chi connectivity index (χ2n) is 7.81. The Morgan fingerprint density at radius 3 is 2.35 bits per heavy atom. The molecule has 3 rings (SSSR count). The van der Waals surface area contributed by atoms with Crippen molar-refractivity contribution in [1.29, 1.82) is 0 Å². The van der Waals surface area contributed by atoms with Gasteiger partial charge in [0.05, 0.1) is 20.0 Å². The third-order valence-electron chi connectivity index (χ3n) is 5.03. The topological polar surface area (TPSA) is 74.5 Å². The van der Waals surface area contributed by atoms with Crippen molar-refractivity contribution < 1.29 is 18.7 Å². The van der Waals surface area contributed by atoms with Gasteiger partial charge in [0, 0.05) is 11.1 Å². The largest absolute Gasteiger partial charge is 0.493 e. The van der Waals surface area contributed by atoms with Crippen LogP contribution in [0.2, 0.25) is 0 Å². The maximum atomic E-state index is 12.9. The molecule has 0 saturated carbocycles. The van der Waals surface area contributed by atoms with Crippen molar-refractivity contribution in [1.82, 2.24) is 10.2 Å². The molecule has 7 heteroatoms. The molecule has 0 aliphatic rings. The molecular formula is C24H28N2O4S. The molecule has 0 aliphatic heterocycles. The van der Waals surface area contributed by atoms with Crippen LogP contribution >= 0.6 is 11.8 Å². The minimum absolute atomic E-state index is 0.0508. The molecule has 1 heterocycles. The van der Waals surface area contributed by atoms with Crippen LogP contribution in [-0.2, 0) is 0 Å². The summed E-state index contributed by atoms with van der Waals surface area (Å²) in [7, 11) is 3.15. The van der Waals surface area contributed by atoms with E-state index < -0.39 is 0 Å². The van der Waals surface area contributed by atoms with Gasteiger partial charge in [0.15, 0.2) is 17.3 Å². The number of Topliss-reactive ketones (excluding diaryl/α,β-unsaturated/α-hetero) is 1. The van der Waals surface area contributed by atoms with Gasteiger partial charge < -0.3 is 13.9 Å². The molecule has 0 unspecified atom stereocenters. The third kappa shape index (κ3) is 5.28. The third-order valence-corrected chi connectivity index (χ3v) is 5.85. The molecule has 0 fully saturated rings. The number of methoxy groups -OCH3 is 2. The Balaban J connectivity index is 1.73. The standard InChI is InChI=1S/C24H28N2O4S/c1-14(2)16-7-9-18(19(11-16)15(3)4)20(27)13-31-24-26-25-23(30-24)17-8-10-21(28-5)22(12-17)29-6/h7-12,14-15H,13H2,1-6H3. The van der Waals surface area contributed by atoms with Gasteiger partial charge in [-0.2, -0.15) is 0 Å². The number of thioether (sulfide) groups is 1. The first-order valence-electron chi connectivity index (χ1n) is 10.2. The Morgan fingerprint density at radius 1 is 0.968 bits per heavy atom. The number of rotatable bonds is 9. The molecule has 0 saturated heterocycles. The summed E-state index contributed by atoms with van der Waals surface area (Å²) in [5.74, 6) is 2.53. The van der Waals surface area contributed by atoms with Crippen LogP contribution in [0.25, 0.3) is 11.5 Å². The van der Waals surface area contributed by atoms with Crippen LogP contribution in [0.3, 0.4) is 0 Å². The minimum atomic E-state index is 0.0508. The SMILES string of the molecule is COc1ccc(-c2nnc(SCC(=O)c3ccc(C(C)C)cc3C(C)C)o2)cc1OC. The lowest BCUT2D eigenvalue weighted by atomic mass is 9.90. The average molecular weight is 441 g/mol. The van der Waals surface area contributed by atoms with Crippen LogP contribution in [0.15, 0.2) is 46.0 Å². The molecule has 0 N–H and O–H groups in total. The van der Waals surface area contributed by atoms with Crippen molar-refractivity contribution in [3.8, 4) is 23.0 Å². The fraction of sp³-hybridized carbons (Fsp3) is 0.375. The Bertz CT molecular complexity index is 1060. The number of benzene rings is 2. The number of nitrogens with zero attached hydrogens (tertiary/aromatic N) is 2. The molecule has 31 heavy (non-hydrogen) atoms. The number of ketones is 1. The van der Waals surface area contributed by atoms with Crippen LogP contribution < -0.4 is 9.47 Å². The minimum Gasteiger partial charge on any atom is -0.493 e. The van der Waals surface area contributed by atoms with E-state index in [-0.39, 0.29) is 17.5 Å². The van der Waals surface area contributed by atoms with Gasteiger partial charge in [0.2, 0.25) is 5.89 Å². The van der Waals surface area contributed by atoms with Crippen molar-refractivity contribution in [2.45, 2.75) is 44.8 Å². The monoisotopic (exact) mass is 440 g/mol. The van der Waals surface area contributed by atoms with Crippen molar-refractivity contribution in [3.63, 3.8) is 0 Å². The molecule has 0 amide bonds. The Labute approximate surface area is 187 Å². The predicted molar refractivity (Wildman–Crippen MR) is 123 cm³/mol. The smallest absolute Gasteiger partial charge is 0.277 e. The maximum absolute atomic E-state index is 12.9. The van der Waals surface area contributed by atoms with Gasteiger partial charge in [-0.1, -0.05) is 57.7 Å². The lowest BCUT2D eigenvalue weighted by molar-refractivity contribution is 0.102. The average Bonchev–Trinajstić information content (AvgIpc) is 3.25. The number of hydrogen-bond donors (Lipinski definition) is 0. The molecule has 1 aromatic heterocycles. The molecule has 0 radical (unpaired) electrons. The van der Waals surface area contributed by atoms with Gasteiger partial charge in [-0.25, -0.2) is 0 Å². The zero-order valence-electron chi connectivity index (χ0n) is 18.8. The van der Waals surface area contributed by atoms with Gasteiger partial charge in [0.25, 0.3) is 5.22 Å². The highest BCUT2D eigenvalue weighted by atomic mass is 32.2. The fourth-order valence-corrected chi connectivity index (χ4v) is 3.88. The summed E-state index contributed by atoms with van der Waals surface area (Å²) in [6.07, 6.45) is 0. The highest BCUT2D eigenvalue weighted by Crippen LogP contribution is 2.33. The van der Waals surface area contributed by atoms with Crippen LogP contribution in [0.1, 0.15) is 61.0 Å². The first-order valence-corrected chi connectivity index (χ1v) is 11.2. The number of carbonyl (C=O) groups is 1. The molecule has 164 valence electrons. The summed E-state index contributed by atoms with van der Waals surface area (Å²) < 4.78 is 16.3. The molecule has 2 aromatic carbocycles. The number of carbonyl (C=O) groups excluding carboxylic acids is 1. The number of hydrogen-bond acceptors (Lipinski definition) is 7. The van der Waals surface area contributed by atoms with Crippen LogP contribution in [-0.4, -0.2) is 36.0 Å². The van der Waals surface area contributed by atoms with Gasteiger partial charge in [0.1, 0.15) is 0 Å². The molecule has 0 bridgehead atoms. The lowest BCUT2D eigenvalue weighted by Crippen LogP contribution is -2.08. The zero-order chi connectivity index (χ0) is 22.5. The van der Waals surface area contributed by atoms with Crippen molar-refractivity contribution in [3.05, 3.63) is 53.1 Å². The maximum Gasteiger partial charge on any atom is 0.277 e. The van der Waals surface area contributed by atoms with Crippen LogP contribution in [0, 0.1) is 0 Å². The van der Waals surface area contributed by atoms with E-state index in [2.05, 4.69) is 44.0 Å². The van der Waals surface area contributed by atoms with E-state index in [0.717, 1.165) is 16.7 Å². The number of aromatic nitrogens is 2. The summed E-state index contributed by atoms with van der Waals surface area (Å²) in [4.78, 5) is 12.9. The van der Waals surface area contributed by atoms with E-state index in [0.29, 0.717) is 28.5 Å². The molecule has 0 spiro atoms. The summed E-state index contributed by atoms with van der Waals surface area (Å²) >= 11 is 1.24. The zero-order valence-corrected chi connectivity index (χ0v) is 19.6. The first-order chi connectivity index (χ1) is 14.8. The second kappa shape index (κ2) is 10.0. The lowest BCUT2D eigenvalue weighted by Gasteiger charge is -2.15. The van der Waals surface area contributed by atoms with Gasteiger partial charge in [-0.3, -0.25) is 4.79 Å². The molecule has 0 aliphatic carbocycles. The Morgan fingerprint density at radius 2 is 1.71 bits per heavy atom. The van der Waals surface area contributed by atoms with E-state index in [1.807, 2.05) is 18.2 Å². The highest BCUT2D eigenvalue weighted by molar-refractivity contribution is 7.99. The van der Waals surface area contributed by atoms with Gasteiger partial charge >= 0.3 is 0 Å². The van der Waals surface area contributed by atoms with E-state index in [4.69, 9.17) is 13.9 Å². The van der Waals surface area contributed by atoms with Crippen LogP contribution in [0.5, 0.6) is 11.5 Å². The second-order valence-corrected chi connectivity index (χ2v) is 8.74. The molecular weight excluding hydrogens is 412 g/mol. The van der Waals surface area contributed by atoms with Gasteiger partial charge in [-0.15, -0.1) is 10.2 Å². The van der Waals surface area contributed by atoms with Gasteiger partial charge in [-0.05, 0) is 41.2 Å². The van der Waals surface area contributed by atoms with Crippen LogP contribution in [0.4, 0.5) is 0 Å². The highest BCUT2D eigenvalue weighted by Gasteiger charge is 2.18. The normalized spacial score (nSPS) is 11.2. The summed E-state index contributed by atoms with van der Waals surface area (Å²) in [6, 6.07) is 11.5. The molecule has 3 aromatic rings.